The predicted octanol–water partition coefficient (Wildman–Crippen LogP) is 4.15. The molecule has 1 unspecified atom stereocenters. The molecule has 1 N–H and O–H groups in total. The van der Waals surface area contributed by atoms with Crippen molar-refractivity contribution < 1.29 is 19.0 Å². The Morgan fingerprint density at radius 1 is 1.28 bits per heavy atom. The van der Waals surface area contributed by atoms with Crippen LogP contribution in [0.15, 0.2) is 42.5 Å². The molecule has 0 spiro atoms. The summed E-state index contributed by atoms with van der Waals surface area (Å²) < 4.78 is 16.9. The van der Waals surface area contributed by atoms with Crippen molar-refractivity contribution in [2.45, 2.75) is 20.0 Å². The van der Waals surface area contributed by atoms with Crippen LogP contribution in [-0.4, -0.2) is 25.2 Å². The summed E-state index contributed by atoms with van der Waals surface area (Å²) in [6.07, 6.45) is -0.717. The minimum atomic E-state index is -0.717. The quantitative estimate of drug-likeness (QED) is 0.869. The van der Waals surface area contributed by atoms with Gasteiger partial charge in [-0.1, -0.05) is 37.6 Å². The fraction of sp³-hybridized carbons (Fsp3) is 0.316. The molecular weight excluding hydrogens is 342 g/mol. The van der Waals surface area contributed by atoms with Gasteiger partial charge in [-0.05, 0) is 36.2 Å². The van der Waals surface area contributed by atoms with Crippen LogP contribution in [0.3, 0.4) is 0 Å². The average Bonchev–Trinajstić information content (AvgIpc) is 2.60. The summed E-state index contributed by atoms with van der Waals surface area (Å²) >= 11 is 6.22. The maximum atomic E-state index is 12.4. The van der Waals surface area contributed by atoms with Crippen LogP contribution >= 0.6 is 11.6 Å². The van der Waals surface area contributed by atoms with Crippen LogP contribution in [0.2, 0.25) is 5.02 Å². The van der Waals surface area contributed by atoms with Crippen LogP contribution in [-0.2, 0) is 4.79 Å². The third kappa shape index (κ3) is 4.37. The Balaban J connectivity index is 1.62. The number of hydrogen-bond donors (Lipinski definition) is 1. The summed E-state index contributed by atoms with van der Waals surface area (Å²) in [7, 11) is 0. The number of anilines is 1. The number of nitrogens with one attached hydrogen (secondary N) is 1. The number of carbonyl (C=O) groups excluding carboxylic acids is 1. The van der Waals surface area contributed by atoms with E-state index < -0.39 is 6.10 Å². The second kappa shape index (κ2) is 7.66. The van der Waals surface area contributed by atoms with E-state index in [1.54, 1.807) is 30.3 Å². The Morgan fingerprint density at radius 3 is 2.76 bits per heavy atom. The van der Waals surface area contributed by atoms with Gasteiger partial charge in [-0.3, -0.25) is 4.79 Å². The van der Waals surface area contributed by atoms with Gasteiger partial charge in [0, 0.05) is 5.69 Å². The highest BCUT2D eigenvalue weighted by atomic mass is 35.5. The van der Waals surface area contributed by atoms with Gasteiger partial charge in [-0.2, -0.15) is 0 Å². The molecule has 0 radical (unpaired) electrons. The first-order valence-corrected chi connectivity index (χ1v) is 8.52. The normalized spacial score (nSPS) is 15.8. The van der Waals surface area contributed by atoms with Crippen molar-refractivity contribution in [3.05, 3.63) is 47.5 Å². The van der Waals surface area contributed by atoms with E-state index in [4.69, 9.17) is 25.8 Å². The molecule has 0 fully saturated rings. The largest absolute Gasteiger partial charge is 0.492 e. The van der Waals surface area contributed by atoms with Gasteiger partial charge in [-0.25, -0.2) is 0 Å². The Hall–Kier alpha value is -2.40. The molecule has 0 bridgehead atoms. The van der Waals surface area contributed by atoms with Gasteiger partial charge in [0.1, 0.15) is 12.4 Å². The van der Waals surface area contributed by atoms with Crippen molar-refractivity contribution in [2.75, 3.05) is 18.5 Å². The lowest BCUT2D eigenvalue weighted by molar-refractivity contribution is -0.125. The standard InChI is InChI=1S/C19H20ClNO4/c1-12(2)10-23-15-8-7-13(9-14(15)20)21-19(22)18-11-24-16-5-3-4-6-17(16)25-18/h3-9,12,18H,10-11H2,1-2H3,(H,21,22). The van der Waals surface area contributed by atoms with Crippen LogP contribution < -0.4 is 19.5 Å². The molecule has 0 aliphatic carbocycles. The molecule has 6 heteroatoms. The summed E-state index contributed by atoms with van der Waals surface area (Å²) in [4.78, 5) is 12.4. The van der Waals surface area contributed by atoms with Crippen molar-refractivity contribution in [1.82, 2.24) is 0 Å². The number of benzene rings is 2. The van der Waals surface area contributed by atoms with Crippen molar-refractivity contribution in [3.63, 3.8) is 0 Å². The number of rotatable bonds is 5. The monoisotopic (exact) mass is 361 g/mol. The lowest BCUT2D eigenvalue weighted by Crippen LogP contribution is -2.40. The highest BCUT2D eigenvalue weighted by Crippen LogP contribution is 2.32. The van der Waals surface area contributed by atoms with Crippen LogP contribution in [0.25, 0.3) is 0 Å². The topological polar surface area (TPSA) is 56.8 Å². The number of carbonyl (C=O) groups is 1. The first-order chi connectivity index (χ1) is 12.0. The third-order valence-corrected chi connectivity index (χ3v) is 3.87. The first kappa shape index (κ1) is 17.4. The first-order valence-electron chi connectivity index (χ1n) is 8.14. The molecule has 132 valence electrons. The average molecular weight is 362 g/mol. The number of hydrogen-bond acceptors (Lipinski definition) is 4. The highest BCUT2D eigenvalue weighted by molar-refractivity contribution is 6.32. The SMILES string of the molecule is CC(C)COc1ccc(NC(=O)C2COc3ccccc3O2)cc1Cl. The van der Waals surface area contributed by atoms with E-state index in [1.165, 1.54) is 0 Å². The zero-order valence-corrected chi connectivity index (χ0v) is 14.9. The fourth-order valence-electron chi connectivity index (χ4n) is 2.32. The molecule has 0 saturated carbocycles. The number of ether oxygens (including phenoxy) is 3. The summed E-state index contributed by atoms with van der Waals surface area (Å²) in [5.74, 6) is 1.91. The van der Waals surface area contributed by atoms with Crippen molar-refractivity contribution in [1.29, 1.82) is 0 Å². The highest BCUT2D eigenvalue weighted by Gasteiger charge is 2.27. The number of para-hydroxylation sites is 2. The van der Waals surface area contributed by atoms with E-state index in [9.17, 15) is 4.79 Å². The molecule has 1 atom stereocenters. The van der Waals surface area contributed by atoms with Gasteiger partial charge in [0.2, 0.25) is 6.10 Å². The van der Waals surface area contributed by atoms with Crippen LogP contribution in [0.4, 0.5) is 5.69 Å². The summed E-state index contributed by atoms with van der Waals surface area (Å²) in [5, 5.41) is 3.24. The predicted molar refractivity (Wildman–Crippen MR) is 96.8 cm³/mol. The molecule has 1 amide bonds. The molecule has 0 aromatic heterocycles. The molecular formula is C19H20ClNO4. The second-order valence-electron chi connectivity index (χ2n) is 6.20. The number of amides is 1. The Labute approximate surface area is 151 Å². The molecule has 25 heavy (non-hydrogen) atoms. The van der Waals surface area contributed by atoms with Crippen molar-refractivity contribution >= 4 is 23.2 Å². The van der Waals surface area contributed by atoms with Crippen LogP contribution in [0, 0.1) is 5.92 Å². The van der Waals surface area contributed by atoms with Gasteiger partial charge >= 0.3 is 0 Å². The molecule has 2 aromatic rings. The molecule has 1 heterocycles. The maximum Gasteiger partial charge on any atom is 0.269 e. The lowest BCUT2D eigenvalue weighted by Gasteiger charge is -2.25. The van der Waals surface area contributed by atoms with Crippen molar-refractivity contribution in [2.24, 2.45) is 5.92 Å². The maximum absolute atomic E-state index is 12.4. The van der Waals surface area contributed by atoms with Gasteiger partial charge < -0.3 is 19.5 Å². The Bertz CT molecular complexity index is 763. The van der Waals surface area contributed by atoms with Gasteiger partial charge in [0.15, 0.2) is 11.5 Å². The summed E-state index contributed by atoms with van der Waals surface area (Å²) in [6.45, 7) is 4.87. The van der Waals surface area contributed by atoms with E-state index in [1.807, 2.05) is 12.1 Å². The molecule has 5 nitrogen and oxygen atoms in total. The smallest absolute Gasteiger partial charge is 0.269 e. The second-order valence-corrected chi connectivity index (χ2v) is 6.61. The van der Waals surface area contributed by atoms with Gasteiger partial charge in [-0.15, -0.1) is 0 Å². The van der Waals surface area contributed by atoms with E-state index in [-0.39, 0.29) is 12.5 Å². The minimum Gasteiger partial charge on any atom is -0.492 e. The van der Waals surface area contributed by atoms with Crippen LogP contribution in [0.1, 0.15) is 13.8 Å². The Morgan fingerprint density at radius 2 is 2.04 bits per heavy atom. The summed E-state index contributed by atoms with van der Waals surface area (Å²) in [6, 6.07) is 12.4. The molecule has 2 aromatic carbocycles. The zero-order chi connectivity index (χ0) is 17.8. The van der Waals surface area contributed by atoms with E-state index in [0.29, 0.717) is 40.5 Å². The third-order valence-electron chi connectivity index (χ3n) is 3.57. The van der Waals surface area contributed by atoms with E-state index in [0.717, 1.165) is 0 Å². The number of fused-ring (bicyclic) bond motifs is 1. The summed E-state index contributed by atoms with van der Waals surface area (Å²) in [5.41, 5.74) is 0.578. The van der Waals surface area contributed by atoms with Gasteiger partial charge in [0.05, 0.1) is 11.6 Å². The van der Waals surface area contributed by atoms with Gasteiger partial charge in [0.25, 0.3) is 5.91 Å². The van der Waals surface area contributed by atoms with E-state index in [2.05, 4.69) is 19.2 Å². The van der Waals surface area contributed by atoms with E-state index >= 15 is 0 Å². The molecule has 1 aliphatic rings. The van der Waals surface area contributed by atoms with Crippen molar-refractivity contribution in [3.8, 4) is 17.2 Å². The molecule has 0 saturated heterocycles. The fourth-order valence-corrected chi connectivity index (χ4v) is 2.56. The van der Waals surface area contributed by atoms with Crippen LogP contribution in [0.5, 0.6) is 17.2 Å². The Kier molecular flexibility index (Phi) is 5.34. The minimum absolute atomic E-state index is 0.159. The zero-order valence-electron chi connectivity index (χ0n) is 14.1. The number of halogens is 1. The molecule has 1 aliphatic heterocycles. The molecule has 3 rings (SSSR count). The lowest BCUT2D eigenvalue weighted by atomic mass is 10.2.